The van der Waals surface area contributed by atoms with E-state index in [0.717, 1.165) is 42.2 Å². The van der Waals surface area contributed by atoms with Crippen LogP contribution in [0, 0.1) is 12.7 Å². The number of pyridine rings is 1. The number of hydrogen-bond donors (Lipinski definition) is 4. The minimum absolute atomic E-state index is 0.0179. The second kappa shape index (κ2) is 14.8. The molecule has 49 heavy (non-hydrogen) atoms. The van der Waals surface area contributed by atoms with Gasteiger partial charge in [0, 0.05) is 67.7 Å². The smallest absolute Gasteiger partial charge is 0.272 e. The van der Waals surface area contributed by atoms with Gasteiger partial charge in [-0.2, -0.15) is 5.10 Å². The molecule has 3 heterocycles. The van der Waals surface area contributed by atoms with Crippen molar-refractivity contribution in [1.82, 2.24) is 35.6 Å². The highest BCUT2D eigenvalue weighted by molar-refractivity contribution is 5.96. The van der Waals surface area contributed by atoms with Crippen LogP contribution in [0.15, 0.2) is 60.8 Å². The Hall–Kier alpha value is -4.81. The maximum absolute atomic E-state index is 14.4. The van der Waals surface area contributed by atoms with Gasteiger partial charge >= 0.3 is 0 Å². The lowest BCUT2D eigenvalue weighted by Gasteiger charge is -2.36. The normalized spacial score (nSPS) is 21.2. The van der Waals surface area contributed by atoms with Crippen LogP contribution in [0.2, 0.25) is 0 Å². The summed E-state index contributed by atoms with van der Waals surface area (Å²) in [5.41, 5.74) is 3.49. The molecule has 2 aromatic heterocycles. The predicted octanol–water partition coefficient (Wildman–Crippen LogP) is 5.08. The minimum atomic E-state index is -0.655. The Morgan fingerprint density at radius 2 is 1.65 bits per heavy atom. The number of carbonyl (C=O) groups is 2. The molecule has 1 aliphatic heterocycles. The molecule has 1 aliphatic carbocycles. The van der Waals surface area contributed by atoms with Crippen LogP contribution in [0.1, 0.15) is 71.6 Å². The van der Waals surface area contributed by atoms with E-state index in [1.807, 2.05) is 31.2 Å². The number of nitrogens with one attached hydrogen (secondary N) is 3. The fraction of sp³-hybridized carbons (Fsp3) is 0.405. The molecule has 4 aromatic rings. The van der Waals surface area contributed by atoms with Crippen LogP contribution in [0.25, 0.3) is 11.1 Å². The van der Waals surface area contributed by atoms with E-state index in [-0.39, 0.29) is 35.2 Å². The standard InChI is InChI=1S/C37H44FN7O4/c1-22-19-45(20-23(2)40-22)21-26-8-6-10-31(34(26)46)25-7-5-9-30(16-25)49-37-32(17-27(38)18-39-37)35(47)41-28-11-13-29(14-12-28)42-36(48)33-15-24(3)44(4)43-33/h5-10,15-18,22-23,28-29,40,46H,11-14,19-21H2,1-4H3,(H,41,47)(H,42,48)/t22-,23+,28-,29+. The molecule has 0 spiro atoms. The lowest BCUT2D eigenvalue weighted by atomic mass is 9.91. The molecule has 1 saturated heterocycles. The van der Waals surface area contributed by atoms with Crippen LogP contribution in [0.4, 0.5) is 4.39 Å². The number of hydrogen-bond acceptors (Lipinski definition) is 8. The number of para-hydroxylation sites is 1. The molecule has 2 amide bonds. The molecule has 2 atom stereocenters. The lowest BCUT2D eigenvalue weighted by Crippen LogP contribution is -2.53. The zero-order valence-corrected chi connectivity index (χ0v) is 28.4. The number of aryl methyl sites for hydroxylation is 2. The molecular weight excluding hydrogens is 625 g/mol. The number of phenols is 1. The van der Waals surface area contributed by atoms with E-state index in [4.69, 9.17) is 4.74 Å². The number of halogens is 1. The highest BCUT2D eigenvalue weighted by atomic mass is 19.1. The summed E-state index contributed by atoms with van der Waals surface area (Å²) in [6.07, 6.45) is 3.67. The molecule has 0 radical (unpaired) electrons. The number of nitrogens with zero attached hydrogens (tertiary/aromatic N) is 4. The summed E-state index contributed by atoms with van der Waals surface area (Å²) < 4.78 is 22.1. The second-order valence-electron chi connectivity index (χ2n) is 13.4. The number of ether oxygens (including phenoxy) is 1. The van der Waals surface area contributed by atoms with Gasteiger partial charge in [-0.25, -0.2) is 9.37 Å². The van der Waals surface area contributed by atoms with Gasteiger partial charge in [-0.15, -0.1) is 0 Å². The molecule has 1 saturated carbocycles. The van der Waals surface area contributed by atoms with E-state index in [1.165, 1.54) is 0 Å². The lowest BCUT2D eigenvalue weighted by molar-refractivity contribution is 0.0887. The minimum Gasteiger partial charge on any atom is -0.507 e. The summed E-state index contributed by atoms with van der Waals surface area (Å²) in [4.78, 5) is 32.5. The molecule has 2 aromatic carbocycles. The van der Waals surface area contributed by atoms with Crippen molar-refractivity contribution in [3.8, 4) is 28.5 Å². The third-order valence-electron chi connectivity index (χ3n) is 9.31. The summed E-state index contributed by atoms with van der Waals surface area (Å²) in [6.45, 7) is 8.63. The van der Waals surface area contributed by atoms with Gasteiger partial charge in [0.25, 0.3) is 11.8 Å². The first kappa shape index (κ1) is 34.1. The van der Waals surface area contributed by atoms with Crippen LogP contribution in [-0.2, 0) is 13.6 Å². The van der Waals surface area contributed by atoms with Crippen LogP contribution in [0.5, 0.6) is 17.4 Å². The molecule has 2 fully saturated rings. The monoisotopic (exact) mass is 669 g/mol. The Labute approximate surface area is 285 Å². The van der Waals surface area contributed by atoms with Gasteiger partial charge in [0.1, 0.15) is 28.6 Å². The van der Waals surface area contributed by atoms with Crippen molar-refractivity contribution in [2.75, 3.05) is 13.1 Å². The van der Waals surface area contributed by atoms with Gasteiger partial charge in [0.2, 0.25) is 5.88 Å². The number of aromatic hydroxyl groups is 1. The Morgan fingerprint density at radius 1 is 0.980 bits per heavy atom. The van der Waals surface area contributed by atoms with Crippen molar-refractivity contribution in [2.24, 2.45) is 7.05 Å². The average molecular weight is 670 g/mol. The number of piperazine rings is 1. The van der Waals surface area contributed by atoms with E-state index in [9.17, 15) is 19.1 Å². The zero-order chi connectivity index (χ0) is 34.7. The van der Waals surface area contributed by atoms with Crippen molar-refractivity contribution in [3.05, 3.63) is 89.1 Å². The highest BCUT2D eigenvalue weighted by Gasteiger charge is 2.27. The zero-order valence-electron chi connectivity index (χ0n) is 28.4. The van der Waals surface area contributed by atoms with Gasteiger partial charge in [-0.05, 0) is 76.3 Å². The fourth-order valence-electron chi connectivity index (χ4n) is 6.85. The van der Waals surface area contributed by atoms with Gasteiger partial charge < -0.3 is 25.8 Å². The number of amides is 2. The van der Waals surface area contributed by atoms with E-state index in [2.05, 4.69) is 44.8 Å². The van der Waals surface area contributed by atoms with Crippen LogP contribution in [0.3, 0.4) is 0 Å². The van der Waals surface area contributed by atoms with Gasteiger partial charge in [-0.3, -0.25) is 19.2 Å². The van der Waals surface area contributed by atoms with Gasteiger partial charge in [-0.1, -0.05) is 30.3 Å². The third kappa shape index (κ3) is 8.26. The van der Waals surface area contributed by atoms with Crippen molar-refractivity contribution in [3.63, 3.8) is 0 Å². The topological polar surface area (TPSA) is 134 Å². The van der Waals surface area contributed by atoms with Gasteiger partial charge in [0.05, 0.1) is 6.20 Å². The number of phenolic OH excluding ortho intramolecular Hbond substituents is 1. The Morgan fingerprint density at radius 3 is 2.33 bits per heavy atom. The number of carbonyl (C=O) groups excluding carboxylic acids is 2. The summed E-state index contributed by atoms with van der Waals surface area (Å²) in [6, 6.07) is 16.3. The Bertz CT molecular complexity index is 1790. The van der Waals surface area contributed by atoms with Crippen molar-refractivity contribution >= 4 is 11.8 Å². The molecule has 6 rings (SSSR count). The van der Waals surface area contributed by atoms with Crippen LogP contribution >= 0.6 is 0 Å². The molecule has 2 aliphatic rings. The Balaban J connectivity index is 1.10. The highest BCUT2D eigenvalue weighted by Crippen LogP contribution is 2.36. The van der Waals surface area contributed by atoms with Crippen LogP contribution in [-0.4, -0.2) is 73.8 Å². The summed E-state index contributed by atoms with van der Waals surface area (Å²) in [5, 5.41) is 25.1. The van der Waals surface area contributed by atoms with E-state index in [0.29, 0.717) is 61.3 Å². The summed E-state index contributed by atoms with van der Waals surface area (Å²) in [5.74, 6) is -0.786. The summed E-state index contributed by atoms with van der Waals surface area (Å²) in [7, 11) is 1.79. The second-order valence-corrected chi connectivity index (χ2v) is 13.4. The molecular formula is C37H44FN7O4. The number of aromatic nitrogens is 3. The first-order valence-corrected chi connectivity index (χ1v) is 16.9. The number of benzene rings is 2. The fourth-order valence-corrected chi connectivity index (χ4v) is 6.85. The molecule has 4 N–H and O–H groups in total. The Kier molecular flexibility index (Phi) is 10.3. The van der Waals surface area contributed by atoms with Crippen molar-refractivity contribution in [2.45, 2.75) is 77.2 Å². The van der Waals surface area contributed by atoms with E-state index in [1.54, 1.807) is 36.0 Å². The first-order valence-electron chi connectivity index (χ1n) is 16.9. The molecule has 11 nitrogen and oxygen atoms in total. The SMILES string of the molecule is Cc1cc(C(=O)N[C@H]2CC[C@@H](NC(=O)c3cc(F)cnc3Oc3cccc(-c4cccc(CN5C[C@@H](C)N[C@@H](C)C5)c4O)c3)CC2)nn1C. The molecule has 258 valence electrons. The molecule has 0 bridgehead atoms. The summed E-state index contributed by atoms with van der Waals surface area (Å²) >= 11 is 0. The molecule has 12 heteroatoms. The van der Waals surface area contributed by atoms with E-state index < -0.39 is 11.7 Å². The van der Waals surface area contributed by atoms with Crippen molar-refractivity contribution < 1.29 is 23.8 Å². The quantitative estimate of drug-likeness (QED) is 0.194. The number of rotatable bonds is 9. The average Bonchev–Trinajstić information content (AvgIpc) is 3.41. The third-order valence-corrected chi connectivity index (χ3v) is 9.31. The van der Waals surface area contributed by atoms with E-state index >= 15 is 0 Å². The predicted molar refractivity (Wildman–Crippen MR) is 184 cm³/mol. The maximum atomic E-state index is 14.4. The molecule has 0 unspecified atom stereocenters. The van der Waals surface area contributed by atoms with Crippen molar-refractivity contribution in [1.29, 1.82) is 0 Å². The van der Waals surface area contributed by atoms with Gasteiger partial charge in [0.15, 0.2) is 0 Å². The first-order chi connectivity index (χ1) is 23.5. The van der Waals surface area contributed by atoms with Crippen LogP contribution < -0.4 is 20.7 Å². The largest absolute Gasteiger partial charge is 0.507 e. The maximum Gasteiger partial charge on any atom is 0.272 e.